The van der Waals surface area contributed by atoms with Crippen LogP contribution in [0.2, 0.25) is 0 Å². The van der Waals surface area contributed by atoms with Crippen molar-refractivity contribution in [2.45, 2.75) is 26.4 Å². The van der Waals surface area contributed by atoms with Gasteiger partial charge in [-0.15, -0.1) is 0 Å². The van der Waals surface area contributed by atoms with Crippen molar-refractivity contribution in [3.8, 4) is 0 Å². The molecular formula is C13H18N2O4. The van der Waals surface area contributed by atoms with Crippen molar-refractivity contribution < 1.29 is 14.5 Å². The molecule has 0 atom stereocenters. The second kappa shape index (κ2) is 5.69. The standard InChI is InChI=1S/C13H18N2O4/c1-13(2,3)19-12(16)9-14(4)10-5-7-11(8-6-10)15(17)18/h5-8H,9H2,1-4H3. The maximum atomic E-state index is 11.6. The number of nitrogens with zero attached hydrogens (tertiary/aromatic N) is 2. The Morgan fingerprint density at radius 2 is 1.84 bits per heavy atom. The first-order valence-electron chi connectivity index (χ1n) is 5.86. The van der Waals surface area contributed by atoms with E-state index in [-0.39, 0.29) is 18.2 Å². The van der Waals surface area contributed by atoms with E-state index in [1.165, 1.54) is 12.1 Å². The molecule has 6 nitrogen and oxygen atoms in total. The molecule has 0 heterocycles. The molecule has 0 unspecified atom stereocenters. The lowest BCUT2D eigenvalue weighted by Crippen LogP contribution is -2.32. The predicted octanol–water partition coefficient (Wildman–Crippen LogP) is 2.37. The Kier molecular flexibility index (Phi) is 4.47. The van der Waals surface area contributed by atoms with E-state index in [0.717, 1.165) is 5.69 Å². The zero-order chi connectivity index (χ0) is 14.6. The number of likely N-dealkylation sites (N-methyl/N-ethyl adjacent to an activating group) is 1. The highest BCUT2D eigenvalue weighted by Crippen LogP contribution is 2.18. The largest absolute Gasteiger partial charge is 0.459 e. The SMILES string of the molecule is CN(CC(=O)OC(C)(C)C)c1ccc([N+](=O)[O-])cc1. The Bertz CT molecular complexity index is 463. The molecule has 0 N–H and O–H groups in total. The van der Waals surface area contributed by atoms with Crippen molar-refractivity contribution in [3.63, 3.8) is 0 Å². The van der Waals surface area contributed by atoms with E-state index in [9.17, 15) is 14.9 Å². The molecule has 1 aromatic rings. The van der Waals surface area contributed by atoms with E-state index in [1.54, 1.807) is 44.9 Å². The van der Waals surface area contributed by atoms with Crippen LogP contribution in [0.15, 0.2) is 24.3 Å². The monoisotopic (exact) mass is 266 g/mol. The quantitative estimate of drug-likeness (QED) is 0.475. The van der Waals surface area contributed by atoms with E-state index in [0.29, 0.717) is 0 Å². The van der Waals surface area contributed by atoms with Gasteiger partial charge in [0.15, 0.2) is 0 Å². The van der Waals surface area contributed by atoms with E-state index in [4.69, 9.17) is 4.74 Å². The number of ether oxygens (including phenoxy) is 1. The first-order valence-corrected chi connectivity index (χ1v) is 5.86. The van der Waals surface area contributed by atoms with Gasteiger partial charge >= 0.3 is 5.97 Å². The molecule has 0 aromatic heterocycles. The molecular weight excluding hydrogens is 248 g/mol. The van der Waals surface area contributed by atoms with Gasteiger partial charge in [0, 0.05) is 24.9 Å². The molecule has 19 heavy (non-hydrogen) atoms. The number of anilines is 1. The fraction of sp³-hybridized carbons (Fsp3) is 0.462. The van der Waals surface area contributed by atoms with Crippen molar-refractivity contribution in [1.82, 2.24) is 0 Å². The summed E-state index contributed by atoms with van der Waals surface area (Å²) in [4.78, 5) is 23.4. The lowest BCUT2D eigenvalue weighted by atomic mass is 10.2. The van der Waals surface area contributed by atoms with Crippen molar-refractivity contribution in [2.75, 3.05) is 18.5 Å². The Morgan fingerprint density at radius 1 is 1.32 bits per heavy atom. The first-order chi connectivity index (χ1) is 8.69. The van der Waals surface area contributed by atoms with Gasteiger partial charge in [-0.25, -0.2) is 0 Å². The zero-order valence-electron chi connectivity index (χ0n) is 11.5. The van der Waals surface area contributed by atoms with Crippen LogP contribution in [0.4, 0.5) is 11.4 Å². The smallest absolute Gasteiger partial charge is 0.326 e. The molecule has 0 aliphatic rings. The van der Waals surface area contributed by atoms with Gasteiger partial charge in [-0.1, -0.05) is 0 Å². The number of nitro groups is 1. The molecule has 0 aliphatic heterocycles. The average molecular weight is 266 g/mol. The Morgan fingerprint density at radius 3 is 2.26 bits per heavy atom. The maximum Gasteiger partial charge on any atom is 0.326 e. The third-order valence-electron chi connectivity index (χ3n) is 2.29. The lowest BCUT2D eigenvalue weighted by Gasteiger charge is -2.23. The molecule has 0 bridgehead atoms. The topological polar surface area (TPSA) is 72.7 Å². The van der Waals surface area contributed by atoms with Gasteiger partial charge in [-0.2, -0.15) is 0 Å². The Balaban J connectivity index is 2.65. The van der Waals surface area contributed by atoms with E-state index < -0.39 is 10.5 Å². The van der Waals surface area contributed by atoms with Crippen LogP contribution in [0, 0.1) is 10.1 Å². The second-order valence-corrected chi connectivity index (χ2v) is 5.22. The number of hydrogen-bond acceptors (Lipinski definition) is 5. The molecule has 0 fully saturated rings. The van der Waals surface area contributed by atoms with Crippen LogP contribution >= 0.6 is 0 Å². The minimum absolute atomic E-state index is 0.0226. The molecule has 0 radical (unpaired) electrons. The van der Waals surface area contributed by atoms with Crippen LogP contribution in [0.25, 0.3) is 0 Å². The van der Waals surface area contributed by atoms with Gasteiger partial charge in [0.1, 0.15) is 12.1 Å². The fourth-order valence-electron chi connectivity index (χ4n) is 1.49. The summed E-state index contributed by atoms with van der Waals surface area (Å²) in [5.41, 5.74) is 0.221. The highest BCUT2D eigenvalue weighted by molar-refractivity contribution is 5.76. The van der Waals surface area contributed by atoms with Gasteiger partial charge in [0.2, 0.25) is 0 Å². The molecule has 1 aromatic carbocycles. The van der Waals surface area contributed by atoms with Crippen molar-refractivity contribution >= 4 is 17.3 Å². The van der Waals surface area contributed by atoms with E-state index in [2.05, 4.69) is 0 Å². The minimum Gasteiger partial charge on any atom is -0.459 e. The first kappa shape index (κ1) is 14.9. The Hall–Kier alpha value is -2.11. The fourth-order valence-corrected chi connectivity index (χ4v) is 1.49. The van der Waals surface area contributed by atoms with Gasteiger partial charge < -0.3 is 9.64 Å². The molecule has 0 amide bonds. The highest BCUT2D eigenvalue weighted by Gasteiger charge is 2.18. The summed E-state index contributed by atoms with van der Waals surface area (Å²) >= 11 is 0. The third-order valence-corrected chi connectivity index (χ3v) is 2.29. The summed E-state index contributed by atoms with van der Waals surface area (Å²) in [5, 5.41) is 10.5. The number of benzene rings is 1. The number of non-ortho nitro benzene ring substituents is 1. The van der Waals surface area contributed by atoms with Crippen molar-refractivity contribution in [2.24, 2.45) is 0 Å². The van der Waals surface area contributed by atoms with Gasteiger partial charge in [-0.3, -0.25) is 14.9 Å². The molecule has 6 heteroatoms. The highest BCUT2D eigenvalue weighted by atomic mass is 16.6. The number of rotatable bonds is 4. The molecule has 1 rings (SSSR count). The van der Waals surface area contributed by atoms with Gasteiger partial charge in [0.25, 0.3) is 5.69 Å². The molecule has 0 saturated heterocycles. The molecule has 0 saturated carbocycles. The van der Waals surface area contributed by atoms with Crippen LogP contribution < -0.4 is 4.90 Å². The van der Waals surface area contributed by atoms with Gasteiger partial charge in [0.05, 0.1) is 4.92 Å². The third kappa shape index (κ3) is 4.95. The summed E-state index contributed by atoms with van der Waals surface area (Å²) in [6, 6.07) is 6.01. The minimum atomic E-state index is -0.520. The maximum absolute atomic E-state index is 11.6. The van der Waals surface area contributed by atoms with Crippen molar-refractivity contribution in [3.05, 3.63) is 34.4 Å². The normalized spacial score (nSPS) is 10.9. The number of carbonyl (C=O) groups excluding carboxylic acids is 1. The van der Waals surface area contributed by atoms with Crippen molar-refractivity contribution in [1.29, 1.82) is 0 Å². The second-order valence-electron chi connectivity index (χ2n) is 5.22. The predicted molar refractivity (Wildman–Crippen MR) is 72.2 cm³/mol. The van der Waals surface area contributed by atoms with Crippen LogP contribution in [0.3, 0.4) is 0 Å². The number of esters is 1. The van der Waals surface area contributed by atoms with Crippen LogP contribution in [0.5, 0.6) is 0 Å². The Labute approximate surface area is 112 Å². The zero-order valence-corrected chi connectivity index (χ0v) is 11.5. The molecule has 104 valence electrons. The summed E-state index contributed by atoms with van der Waals surface area (Å²) in [5.74, 6) is -0.339. The average Bonchev–Trinajstić information content (AvgIpc) is 2.26. The number of nitro benzene ring substituents is 1. The summed E-state index contributed by atoms with van der Waals surface area (Å²) in [7, 11) is 1.73. The molecule has 0 spiro atoms. The number of hydrogen-bond donors (Lipinski definition) is 0. The lowest BCUT2D eigenvalue weighted by molar-refractivity contribution is -0.384. The van der Waals surface area contributed by atoms with Gasteiger partial charge in [-0.05, 0) is 32.9 Å². The van der Waals surface area contributed by atoms with Crippen LogP contribution in [0.1, 0.15) is 20.8 Å². The van der Waals surface area contributed by atoms with E-state index >= 15 is 0 Å². The van der Waals surface area contributed by atoms with Crippen LogP contribution in [-0.4, -0.2) is 30.1 Å². The summed E-state index contributed by atoms with van der Waals surface area (Å²) in [6.07, 6.45) is 0. The molecule has 0 aliphatic carbocycles. The van der Waals surface area contributed by atoms with Crippen LogP contribution in [-0.2, 0) is 9.53 Å². The summed E-state index contributed by atoms with van der Waals surface area (Å²) in [6.45, 7) is 5.50. The van der Waals surface area contributed by atoms with E-state index in [1.807, 2.05) is 0 Å². The summed E-state index contributed by atoms with van der Waals surface area (Å²) < 4.78 is 5.20. The number of carbonyl (C=O) groups is 1.